The predicted molar refractivity (Wildman–Crippen MR) is 88.3 cm³/mol. The molecule has 3 heteroatoms. The molecule has 3 rings (SSSR count). The quantitative estimate of drug-likeness (QED) is 0.863. The van der Waals surface area contributed by atoms with Crippen LogP contribution in [-0.4, -0.2) is 23.3 Å². The van der Waals surface area contributed by atoms with E-state index in [2.05, 4.69) is 0 Å². The van der Waals surface area contributed by atoms with E-state index in [1.165, 1.54) is 0 Å². The number of aliphatic hydroxyl groups excluding tert-OH is 1. The van der Waals surface area contributed by atoms with Gasteiger partial charge >= 0.3 is 0 Å². The summed E-state index contributed by atoms with van der Waals surface area (Å²) in [5, 5.41) is 9.53. The molecule has 1 N–H and O–H groups in total. The minimum Gasteiger partial charge on any atom is -0.392 e. The van der Waals surface area contributed by atoms with Crippen LogP contribution in [0.25, 0.3) is 0 Å². The highest BCUT2D eigenvalue weighted by Gasteiger charge is 2.32. The molecule has 0 spiro atoms. The number of rotatable bonds is 5. The summed E-state index contributed by atoms with van der Waals surface area (Å²) in [6.45, 7) is -0.261. The van der Waals surface area contributed by atoms with Crippen LogP contribution in [0.3, 0.4) is 0 Å². The number of allylic oxidation sites excluding steroid dienone is 2. The Morgan fingerprint density at radius 2 is 1.43 bits per heavy atom. The molecule has 23 heavy (non-hydrogen) atoms. The molecule has 0 radical (unpaired) electrons. The van der Waals surface area contributed by atoms with Crippen LogP contribution in [0.5, 0.6) is 0 Å². The van der Waals surface area contributed by atoms with Crippen LogP contribution in [0.1, 0.15) is 20.7 Å². The van der Waals surface area contributed by atoms with Crippen molar-refractivity contribution < 1.29 is 14.7 Å². The third-order valence-electron chi connectivity index (χ3n) is 3.94. The molecule has 0 heterocycles. The van der Waals surface area contributed by atoms with E-state index in [0.29, 0.717) is 22.3 Å². The molecular formula is C20H16O3. The van der Waals surface area contributed by atoms with E-state index in [4.69, 9.17) is 0 Å². The monoisotopic (exact) mass is 304 g/mol. The van der Waals surface area contributed by atoms with Crippen LogP contribution in [0.4, 0.5) is 0 Å². The molecule has 0 saturated heterocycles. The fourth-order valence-electron chi connectivity index (χ4n) is 2.77. The normalized spacial score (nSPS) is 16.7. The first-order valence-electron chi connectivity index (χ1n) is 7.43. The van der Waals surface area contributed by atoms with Crippen molar-refractivity contribution in [2.45, 2.75) is 0 Å². The molecule has 3 nitrogen and oxygen atoms in total. The van der Waals surface area contributed by atoms with Crippen molar-refractivity contribution in [3.63, 3.8) is 0 Å². The van der Waals surface area contributed by atoms with Gasteiger partial charge in [0.15, 0.2) is 11.6 Å². The molecule has 0 saturated carbocycles. The first-order chi connectivity index (χ1) is 11.2. The minimum atomic E-state index is -0.646. The van der Waals surface area contributed by atoms with Gasteiger partial charge < -0.3 is 5.11 Å². The van der Waals surface area contributed by atoms with Crippen LogP contribution in [-0.2, 0) is 0 Å². The fourth-order valence-corrected chi connectivity index (χ4v) is 2.77. The van der Waals surface area contributed by atoms with E-state index in [9.17, 15) is 14.7 Å². The van der Waals surface area contributed by atoms with E-state index >= 15 is 0 Å². The molecule has 1 unspecified atom stereocenters. The summed E-state index contributed by atoms with van der Waals surface area (Å²) < 4.78 is 0. The Labute approximate surface area is 134 Å². The van der Waals surface area contributed by atoms with E-state index in [1.807, 2.05) is 12.1 Å². The van der Waals surface area contributed by atoms with Crippen LogP contribution in [0.15, 0.2) is 84.0 Å². The fraction of sp³-hybridized carbons (Fsp3) is 0.100. The third kappa shape index (κ3) is 2.91. The average Bonchev–Trinajstić information content (AvgIpc) is 3.06. The zero-order chi connectivity index (χ0) is 16.2. The molecule has 0 aliphatic heterocycles. The van der Waals surface area contributed by atoms with E-state index in [-0.39, 0.29) is 18.2 Å². The second kappa shape index (κ2) is 6.55. The van der Waals surface area contributed by atoms with Crippen LogP contribution in [0.2, 0.25) is 0 Å². The molecule has 114 valence electrons. The minimum absolute atomic E-state index is 0.135. The Hall–Kier alpha value is -2.78. The summed E-state index contributed by atoms with van der Waals surface area (Å²) in [6, 6.07) is 17.7. The van der Waals surface area contributed by atoms with E-state index in [1.54, 1.807) is 60.7 Å². The molecule has 0 bridgehead atoms. The second-order valence-corrected chi connectivity index (χ2v) is 5.36. The number of benzene rings is 2. The molecule has 2 aromatic carbocycles. The Morgan fingerprint density at radius 3 is 2.00 bits per heavy atom. The van der Waals surface area contributed by atoms with Crippen LogP contribution < -0.4 is 0 Å². The first-order valence-corrected chi connectivity index (χ1v) is 7.43. The third-order valence-corrected chi connectivity index (χ3v) is 3.94. The lowest BCUT2D eigenvalue weighted by Gasteiger charge is -2.14. The first kappa shape index (κ1) is 15.1. The lowest BCUT2D eigenvalue weighted by molar-refractivity contribution is 0.0928. The number of carbonyl (C=O) groups is 2. The van der Waals surface area contributed by atoms with Gasteiger partial charge in [-0.25, -0.2) is 0 Å². The second-order valence-electron chi connectivity index (χ2n) is 5.36. The van der Waals surface area contributed by atoms with Crippen molar-refractivity contribution in [2.75, 3.05) is 6.61 Å². The van der Waals surface area contributed by atoms with Gasteiger partial charge in [-0.05, 0) is 5.57 Å². The SMILES string of the molecule is O=C(C1=C(CO)C=CC1C(=O)c1ccccc1)c1ccccc1. The molecule has 0 amide bonds. The summed E-state index contributed by atoms with van der Waals surface area (Å²) in [4.78, 5) is 25.5. The van der Waals surface area contributed by atoms with Crippen molar-refractivity contribution in [3.8, 4) is 0 Å². The van der Waals surface area contributed by atoms with Gasteiger partial charge in [-0.15, -0.1) is 0 Å². The zero-order valence-electron chi connectivity index (χ0n) is 12.5. The summed E-state index contributed by atoms with van der Waals surface area (Å²) in [6.07, 6.45) is 3.36. The number of hydrogen-bond acceptors (Lipinski definition) is 3. The van der Waals surface area contributed by atoms with Crippen LogP contribution in [0, 0.1) is 5.92 Å². The average molecular weight is 304 g/mol. The molecule has 1 aliphatic carbocycles. The van der Waals surface area contributed by atoms with Gasteiger partial charge in [0.25, 0.3) is 0 Å². The van der Waals surface area contributed by atoms with Gasteiger partial charge in [-0.2, -0.15) is 0 Å². The lowest BCUT2D eigenvalue weighted by atomic mass is 9.87. The number of Topliss-reactive ketones (excluding diaryl/α,β-unsaturated/α-hetero) is 2. The maximum atomic E-state index is 12.8. The molecule has 2 aromatic rings. The summed E-state index contributed by atoms with van der Waals surface area (Å²) in [5.74, 6) is -0.995. The summed E-state index contributed by atoms with van der Waals surface area (Å²) >= 11 is 0. The van der Waals surface area contributed by atoms with Gasteiger partial charge in [0.1, 0.15) is 0 Å². The van der Waals surface area contributed by atoms with Crippen molar-refractivity contribution in [1.29, 1.82) is 0 Å². The highest BCUT2D eigenvalue weighted by Crippen LogP contribution is 2.31. The van der Waals surface area contributed by atoms with Gasteiger partial charge in [0.2, 0.25) is 0 Å². The maximum Gasteiger partial charge on any atom is 0.190 e. The molecule has 1 aliphatic rings. The van der Waals surface area contributed by atoms with Gasteiger partial charge in [-0.3, -0.25) is 9.59 Å². The largest absolute Gasteiger partial charge is 0.392 e. The zero-order valence-corrected chi connectivity index (χ0v) is 12.5. The molecule has 1 atom stereocenters. The summed E-state index contributed by atoms with van der Waals surface area (Å²) in [7, 11) is 0. The highest BCUT2D eigenvalue weighted by atomic mass is 16.3. The summed E-state index contributed by atoms with van der Waals surface area (Å²) in [5.41, 5.74) is 1.95. The Bertz CT molecular complexity index is 786. The Morgan fingerprint density at radius 1 is 0.870 bits per heavy atom. The van der Waals surface area contributed by atoms with E-state index in [0.717, 1.165) is 0 Å². The number of aliphatic hydroxyl groups is 1. The van der Waals surface area contributed by atoms with Gasteiger partial charge in [-0.1, -0.05) is 72.8 Å². The number of hydrogen-bond donors (Lipinski definition) is 1. The van der Waals surface area contributed by atoms with E-state index < -0.39 is 5.92 Å². The van der Waals surface area contributed by atoms with Crippen molar-refractivity contribution in [1.82, 2.24) is 0 Å². The van der Waals surface area contributed by atoms with Gasteiger partial charge in [0.05, 0.1) is 12.5 Å². The van der Waals surface area contributed by atoms with Crippen molar-refractivity contribution >= 4 is 11.6 Å². The molecular weight excluding hydrogens is 288 g/mol. The van der Waals surface area contributed by atoms with Gasteiger partial charge in [0, 0.05) is 16.7 Å². The smallest absolute Gasteiger partial charge is 0.190 e. The maximum absolute atomic E-state index is 12.8. The topological polar surface area (TPSA) is 54.4 Å². The van der Waals surface area contributed by atoms with Crippen molar-refractivity contribution in [2.24, 2.45) is 5.92 Å². The lowest BCUT2D eigenvalue weighted by Crippen LogP contribution is -2.20. The number of ketones is 2. The number of carbonyl (C=O) groups excluding carboxylic acids is 2. The Balaban J connectivity index is 1.99. The predicted octanol–water partition coefficient (Wildman–Crippen LogP) is 3.23. The van der Waals surface area contributed by atoms with Crippen LogP contribution >= 0.6 is 0 Å². The Kier molecular flexibility index (Phi) is 4.31. The molecule has 0 aromatic heterocycles. The molecule has 0 fully saturated rings. The highest BCUT2D eigenvalue weighted by molar-refractivity contribution is 6.16. The standard InChI is InChI=1S/C20H16O3/c21-13-16-11-12-17(19(22)14-7-3-1-4-8-14)18(16)20(23)15-9-5-2-6-10-15/h1-12,17,21H,13H2. The van der Waals surface area contributed by atoms with Crippen molar-refractivity contribution in [3.05, 3.63) is 95.1 Å².